The van der Waals surface area contributed by atoms with Crippen LogP contribution in [0.3, 0.4) is 0 Å². The molecule has 0 radical (unpaired) electrons. The second-order valence-electron chi connectivity index (χ2n) is 8.84. The van der Waals surface area contributed by atoms with Crippen molar-refractivity contribution in [3.05, 3.63) is 35.9 Å². The highest BCUT2D eigenvalue weighted by atomic mass is 16.5. The third kappa shape index (κ3) is 4.47. The minimum absolute atomic E-state index is 0.0130. The van der Waals surface area contributed by atoms with Crippen LogP contribution in [0.5, 0.6) is 0 Å². The van der Waals surface area contributed by atoms with Gasteiger partial charge in [-0.3, -0.25) is 14.4 Å². The third-order valence-corrected chi connectivity index (χ3v) is 6.68. The summed E-state index contributed by atoms with van der Waals surface area (Å²) in [6.07, 6.45) is 3.59. The second-order valence-corrected chi connectivity index (χ2v) is 8.84. The van der Waals surface area contributed by atoms with Gasteiger partial charge in [0.2, 0.25) is 11.8 Å². The molecule has 7 heteroatoms. The van der Waals surface area contributed by atoms with E-state index in [2.05, 4.69) is 5.32 Å². The molecule has 0 spiro atoms. The first-order valence-electron chi connectivity index (χ1n) is 11.5. The lowest BCUT2D eigenvalue weighted by molar-refractivity contribution is -0.150. The highest BCUT2D eigenvalue weighted by Crippen LogP contribution is 2.48. The molecule has 3 fully saturated rings. The zero-order valence-corrected chi connectivity index (χ0v) is 18.3. The Kier molecular flexibility index (Phi) is 6.60. The van der Waals surface area contributed by atoms with Crippen LogP contribution in [0, 0.1) is 17.8 Å². The molecule has 1 aromatic rings. The van der Waals surface area contributed by atoms with Crippen molar-refractivity contribution >= 4 is 17.8 Å². The number of rotatable bonds is 7. The van der Waals surface area contributed by atoms with Crippen molar-refractivity contribution in [2.75, 3.05) is 19.8 Å². The molecule has 0 bridgehead atoms. The predicted molar refractivity (Wildman–Crippen MR) is 114 cm³/mol. The van der Waals surface area contributed by atoms with Gasteiger partial charge in [-0.15, -0.1) is 0 Å². The number of esters is 1. The minimum Gasteiger partial charge on any atom is -0.466 e. The van der Waals surface area contributed by atoms with E-state index in [1.54, 1.807) is 11.8 Å². The molecule has 2 heterocycles. The first-order chi connectivity index (χ1) is 15.0. The Bertz CT molecular complexity index is 803. The van der Waals surface area contributed by atoms with Crippen molar-refractivity contribution in [2.45, 2.75) is 57.7 Å². The van der Waals surface area contributed by atoms with E-state index in [0.717, 1.165) is 31.2 Å². The topological polar surface area (TPSA) is 84.9 Å². The number of nitrogens with zero attached hydrogens (tertiary/aromatic N) is 1. The fourth-order valence-corrected chi connectivity index (χ4v) is 4.99. The van der Waals surface area contributed by atoms with Crippen molar-refractivity contribution in [3.8, 4) is 0 Å². The Morgan fingerprint density at radius 2 is 1.90 bits per heavy atom. The molecular weight excluding hydrogens is 396 g/mol. The SMILES string of the molecule is CCOC(=O)C1C(C)C(C(=O)NCC2CCCO2)N(C(=O)C2CC2)C1c1ccccc1. The quantitative estimate of drug-likeness (QED) is 0.675. The van der Waals surface area contributed by atoms with Gasteiger partial charge in [-0.25, -0.2) is 0 Å². The van der Waals surface area contributed by atoms with Crippen LogP contribution >= 0.6 is 0 Å². The maximum Gasteiger partial charge on any atom is 0.311 e. The Hall–Kier alpha value is -2.41. The third-order valence-electron chi connectivity index (χ3n) is 6.68. The van der Waals surface area contributed by atoms with Gasteiger partial charge in [0.1, 0.15) is 6.04 Å². The normalized spacial score (nSPS) is 30.3. The van der Waals surface area contributed by atoms with E-state index in [4.69, 9.17) is 9.47 Å². The average molecular weight is 429 g/mol. The van der Waals surface area contributed by atoms with Crippen LogP contribution in [0.4, 0.5) is 0 Å². The molecule has 5 unspecified atom stereocenters. The number of hydrogen-bond acceptors (Lipinski definition) is 5. The van der Waals surface area contributed by atoms with Gasteiger partial charge in [0.25, 0.3) is 0 Å². The lowest BCUT2D eigenvalue weighted by atomic mass is 9.85. The Labute approximate surface area is 183 Å². The molecule has 1 aromatic carbocycles. The smallest absolute Gasteiger partial charge is 0.311 e. The molecule has 0 aromatic heterocycles. The number of likely N-dealkylation sites (tertiary alicyclic amines) is 1. The standard InChI is InChI=1S/C24H32N2O5/c1-3-30-24(29)19-15(2)20(22(27)25-14-18-10-7-13-31-18)26(23(28)17-11-12-17)21(19)16-8-5-4-6-9-16/h4-6,8-9,15,17-21H,3,7,10-14H2,1-2H3,(H,25,27). The van der Waals surface area contributed by atoms with E-state index in [0.29, 0.717) is 13.2 Å². The van der Waals surface area contributed by atoms with Crippen molar-refractivity contribution in [2.24, 2.45) is 17.8 Å². The average Bonchev–Trinajstić information content (AvgIpc) is 3.40. The number of ether oxygens (including phenoxy) is 2. The first kappa shape index (κ1) is 21.8. The first-order valence-corrected chi connectivity index (χ1v) is 11.5. The molecule has 31 heavy (non-hydrogen) atoms. The summed E-state index contributed by atoms with van der Waals surface area (Å²) in [6.45, 7) is 5.05. The van der Waals surface area contributed by atoms with Gasteiger partial charge in [0.15, 0.2) is 0 Å². The molecule has 2 amide bonds. The largest absolute Gasteiger partial charge is 0.466 e. The van der Waals surface area contributed by atoms with Gasteiger partial charge < -0.3 is 19.7 Å². The van der Waals surface area contributed by atoms with Crippen LogP contribution in [-0.4, -0.2) is 54.6 Å². The molecule has 4 rings (SSSR count). The maximum atomic E-state index is 13.4. The molecule has 1 N–H and O–H groups in total. The molecule has 2 saturated heterocycles. The van der Waals surface area contributed by atoms with Crippen LogP contribution in [0.2, 0.25) is 0 Å². The summed E-state index contributed by atoms with van der Waals surface area (Å²) in [5, 5.41) is 2.99. The lowest BCUT2D eigenvalue weighted by Crippen LogP contribution is -2.50. The van der Waals surface area contributed by atoms with E-state index in [1.165, 1.54) is 0 Å². The summed E-state index contributed by atoms with van der Waals surface area (Å²) in [7, 11) is 0. The molecule has 1 aliphatic carbocycles. The summed E-state index contributed by atoms with van der Waals surface area (Å²) >= 11 is 0. The fraction of sp³-hybridized carbons (Fsp3) is 0.625. The number of carbonyl (C=O) groups excluding carboxylic acids is 3. The monoisotopic (exact) mass is 428 g/mol. The number of carbonyl (C=O) groups is 3. The van der Waals surface area contributed by atoms with Crippen LogP contribution in [-0.2, 0) is 23.9 Å². The van der Waals surface area contributed by atoms with Crippen molar-refractivity contribution in [3.63, 3.8) is 0 Å². The number of nitrogens with one attached hydrogen (secondary N) is 1. The fourth-order valence-electron chi connectivity index (χ4n) is 4.99. The molecular formula is C24H32N2O5. The molecule has 7 nitrogen and oxygen atoms in total. The summed E-state index contributed by atoms with van der Waals surface area (Å²) in [6, 6.07) is 8.31. The Balaban J connectivity index is 1.66. The minimum atomic E-state index is -0.714. The van der Waals surface area contributed by atoms with E-state index in [9.17, 15) is 14.4 Å². The van der Waals surface area contributed by atoms with Crippen LogP contribution < -0.4 is 5.32 Å². The molecule has 168 valence electrons. The van der Waals surface area contributed by atoms with Crippen LogP contribution in [0.25, 0.3) is 0 Å². The van der Waals surface area contributed by atoms with E-state index in [1.807, 2.05) is 37.3 Å². The van der Waals surface area contributed by atoms with Gasteiger partial charge >= 0.3 is 5.97 Å². The highest BCUT2D eigenvalue weighted by Gasteiger charge is 2.57. The molecule has 3 aliphatic rings. The van der Waals surface area contributed by atoms with Crippen molar-refractivity contribution < 1.29 is 23.9 Å². The van der Waals surface area contributed by atoms with E-state index in [-0.39, 0.29) is 42.3 Å². The number of hydrogen-bond donors (Lipinski definition) is 1. The summed E-state index contributed by atoms with van der Waals surface area (Å²) in [5.41, 5.74) is 0.857. The van der Waals surface area contributed by atoms with Gasteiger partial charge in [-0.1, -0.05) is 37.3 Å². The number of benzene rings is 1. The van der Waals surface area contributed by atoms with Gasteiger partial charge in [0.05, 0.1) is 24.7 Å². The molecule has 1 saturated carbocycles. The van der Waals surface area contributed by atoms with Gasteiger partial charge in [-0.05, 0) is 38.2 Å². The van der Waals surface area contributed by atoms with Crippen LogP contribution in [0.15, 0.2) is 30.3 Å². The van der Waals surface area contributed by atoms with E-state index >= 15 is 0 Å². The summed E-state index contributed by atoms with van der Waals surface area (Å²) < 4.78 is 11.0. The summed E-state index contributed by atoms with van der Waals surface area (Å²) in [5.74, 6) is -1.63. The Morgan fingerprint density at radius 1 is 1.16 bits per heavy atom. The molecule has 2 aliphatic heterocycles. The highest BCUT2D eigenvalue weighted by molar-refractivity contribution is 5.92. The maximum absolute atomic E-state index is 13.4. The van der Waals surface area contributed by atoms with E-state index < -0.39 is 18.0 Å². The number of amides is 2. The predicted octanol–water partition coefficient (Wildman–Crippen LogP) is 2.46. The zero-order valence-electron chi connectivity index (χ0n) is 18.3. The van der Waals surface area contributed by atoms with Crippen molar-refractivity contribution in [1.29, 1.82) is 0 Å². The Morgan fingerprint density at radius 3 is 2.52 bits per heavy atom. The van der Waals surface area contributed by atoms with Gasteiger partial charge in [-0.2, -0.15) is 0 Å². The summed E-state index contributed by atoms with van der Waals surface area (Å²) in [4.78, 5) is 41.5. The van der Waals surface area contributed by atoms with Crippen molar-refractivity contribution in [1.82, 2.24) is 10.2 Å². The van der Waals surface area contributed by atoms with Gasteiger partial charge in [0, 0.05) is 25.0 Å². The van der Waals surface area contributed by atoms with Crippen LogP contribution in [0.1, 0.15) is 51.1 Å². The zero-order chi connectivity index (χ0) is 22.0. The molecule has 5 atom stereocenters. The lowest BCUT2D eigenvalue weighted by Gasteiger charge is -2.31. The second kappa shape index (κ2) is 9.39.